The average molecular weight is 281 g/mol. The van der Waals surface area contributed by atoms with Crippen molar-refractivity contribution < 1.29 is 14.3 Å². The maximum Gasteiger partial charge on any atom is 0.301 e. The Balaban J connectivity index is 2.00. The maximum atomic E-state index is 12.8. The van der Waals surface area contributed by atoms with Gasteiger partial charge in [-0.25, -0.2) is 0 Å². The molecule has 0 atom stereocenters. The van der Waals surface area contributed by atoms with Gasteiger partial charge >= 0.3 is 5.91 Å². The average Bonchev–Trinajstić information content (AvgIpc) is 2.58. The Bertz CT molecular complexity index is 598. The van der Waals surface area contributed by atoms with Crippen molar-refractivity contribution in [3.8, 4) is 0 Å². The molecule has 0 aliphatic carbocycles. The normalized spacial score (nSPS) is 13.6. The topological polar surface area (TPSA) is 38.8 Å². The maximum absolute atomic E-state index is 12.8. The highest BCUT2D eigenvalue weighted by Gasteiger charge is 2.24. The van der Waals surface area contributed by atoms with Gasteiger partial charge in [0.05, 0.1) is 0 Å². The van der Waals surface area contributed by atoms with E-state index >= 15 is 0 Å². The number of rotatable bonds is 3. The lowest BCUT2D eigenvalue weighted by atomic mass is 10.2. The molecule has 0 fully saturated rings. The van der Waals surface area contributed by atoms with Crippen LogP contribution in [0.15, 0.2) is 72.7 Å². The van der Waals surface area contributed by atoms with E-state index in [1.54, 1.807) is 4.90 Å². The van der Waals surface area contributed by atoms with Gasteiger partial charge in [0.25, 0.3) is 0 Å². The predicted molar refractivity (Wildman–Crippen MR) is 80.0 cm³/mol. The Morgan fingerprint density at radius 3 is 1.90 bits per heavy atom. The summed E-state index contributed by atoms with van der Waals surface area (Å²) in [6.45, 7) is 0.850. The minimum absolute atomic E-state index is 0.217. The third-order valence-corrected chi connectivity index (χ3v) is 3.09. The lowest BCUT2D eigenvalue weighted by Crippen LogP contribution is -2.30. The zero-order valence-electron chi connectivity index (χ0n) is 11.4. The Kier molecular flexibility index (Phi) is 3.87. The lowest BCUT2D eigenvalue weighted by molar-refractivity contribution is -0.119. The molecule has 2 aromatic rings. The molecule has 0 saturated heterocycles. The molecule has 21 heavy (non-hydrogen) atoms. The summed E-state index contributed by atoms with van der Waals surface area (Å²) in [5.74, 6) is -0.0268. The zero-order chi connectivity index (χ0) is 14.5. The van der Waals surface area contributed by atoms with Gasteiger partial charge in [-0.3, -0.25) is 9.69 Å². The van der Waals surface area contributed by atoms with E-state index in [1.807, 2.05) is 60.7 Å². The largest absolute Gasteiger partial charge is 0.494 e. The van der Waals surface area contributed by atoms with Crippen LogP contribution in [0, 0.1) is 0 Å². The molecule has 2 aromatic carbocycles. The molecule has 0 aromatic heterocycles. The van der Waals surface area contributed by atoms with Crippen molar-refractivity contribution >= 4 is 17.3 Å². The van der Waals surface area contributed by atoms with Crippen LogP contribution in [0.3, 0.4) is 0 Å². The van der Waals surface area contributed by atoms with Crippen molar-refractivity contribution in [2.45, 2.75) is 0 Å². The van der Waals surface area contributed by atoms with Crippen molar-refractivity contribution in [3.05, 3.63) is 72.7 Å². The highest BCUT2D eigenvalue weighted by molar-refractivity contribution is 6.09. The second kappa shape index (κ2) is 6.13. The smallest absolute Gasteiger partial charge is 0.301 e. The Hall–Kier alpha value is -2.75. The lowest BCUT2D eigenvalue weighted by Gasteiger charge is -2.25. The number of nitrogens with zero attached hydrogens (tertiary/aromatic N) is 1. The van der Waals surface area contributed by atoms with Crippen LogP contribution in [0.4, 0.5) is 11.4 Å². The van der Waals surface area contributed by atoms with Crippen molar-refractivity contribution in [2.24, 2.45) is 0 Å². The fourth-order valence-corrected chi connectivity index (χ4v) is 2.13. The Labute approximate surface area is 123 Å². The monoisotopic (exact) mass is 281 g/mol. The van der Waals surface area contributed by atoms with Crippen molar-refractivity contribution in [3.63, 3.8) is 0 Å². The predicted octanol–water partition coefficient (Wildman–Crippen LogP) is 3.24. The minimum atomic E-state index is -0.243. The molecule has 3 rings (SSSR count). The number of ether oxygens (including phenoxy) is 2. The molecule has 0 spiro atoms. The number of amides is 1. The van der Waals surface area contributed by atoms with Gasteiger partial charge in [0.15, 0.2) is 0 Å². The first kappa shape index (κ1) is 13.2. The van der Waals surface area contributed by atoms with Crippen LogP contribution < -0.4 is 4.90 Å². The standard InChI is InChI=1S/C17H15NO3/c19-17(16-13-20-11-12-21-16)18(14-7-3-1-4-8-14)15-9-5-2-6-10-15/h1-10,13H,11-12H2. The molecule has 0 radical (unpaired) electrons. The summed E-state index contributed by atoms with van der Waals surface area (Å²) >= 11 is 0. The van der Waals surface area contributed by atoms with Crippen LogP contribution in [0.1, 0.15) is 0 Å². The van der Waals surface area contributed by atoms with E-state index in [0.717, 1.165) is 11.4 Å². The van der Waals surface area contributed by atoms with Crippen LogP contribution in [0.25, 0.3) is 0 Å². The Morgan fingerprint density at radius 2 is 1.43 bits per heavy atom. The summed E-state index contributed by atoms with van der Waals surface area (Å²) < 4.78 is 10.6. The molecule has 4 heteroatoms. The van der Waals surface area contributed by atoms with E-state index in [0.29, 0.717) is 13.2 Å². The van der Waals surface area contributed by atoms with Gasteiger partial charge in [-0.05, 0) is 24.3 Å². The molecule has 4 nitrogen and oxygen atoms in total. The first-order chi connectivity index (χ1) is 10.4. The zero-order valence-corrected chi connectivity index (χ0v) is 11.4. The number of hydrogen-bond donors (Lipinski definition) is 0. The van der Waals surface area contributed by atoms with Crippen molar-refractivity contribution in [1.82, 2.24) is 0 Å². The summed E-state index contributed by atoms with van der Waals surface area (Å²) in [7, 11) is 0. The van der Waals surface area contributed by atoms with Crippen molar-refractivity contribution in [2.75, 3.05) is 18.1 Å². The van der Waals surface area contributed by atoms with Crippen LogP contribution >= 0.6 is 0 Å². The van der Waals surface area contributed by atoms with E-state index in [4.69, 9.17) is 9.47 Å². The van der Waals surface area contributed by atoms with Gasteiger partial charge in [-0.2, -0.15) is 0 Å². The fourth-order valence-electron chi connectivity index (χ4n) is 2.13. The molecule has 1 heterocycles. The molecule has 106 valence electrons. The van der Waals surface area contributed by atoms with Gasteiger partial charge in [0.1, 0.15) is 19.5 Å². The number of benzene rings is 2. The Morgan fingerprint density at radius 1 is 0.857 bits per heavy atom. The molecule has 1 amide bonds. The second-order valence-electron chi connectivity index (χ2n) is 4.51. The number of para-hydroxylation sites is 2. The van der Waals surface area contributed by atoms with E-state index in [-0.39, 0.29) is 11.7 Å². The molecule has 1 aliphatic rings. The third-order valence-electron chi connectivity index (χ3n) is 3.09. The van der Waals surface area contributed by atoms with Crippen molar-refractivity contribution in [1.29, 1.82) is 0 Å². The van der Waals surface area contributed by atoms with Crippen LogP contribution in [-0.4, -0.2) is 19.1 Å². The van der Waals surface area contributed by atoms with Crippen LogP contribution in [0.2, 0.25) is 0 Å². The van der Waals surface area contributed by atoms with Crippen LogP contribution in [-0.2, 0) is 14.3 Å². The molecule has 0 bridgehead atoms. The number of carbonyl (C=O) groups is 1. The highest BCUT2D eigenvalue weighted by Crippen LogP contribution is 2.27. The third kappa shape index (κ3) is 2.89. The first-order valence-electron chi connectivity index (χ1n) is 6.75. The summed E-state index contributed by atoms with van der Waals surface area (Å²) in [5.41, 5.74) is 1.56. The summed E-state index contributed by atoms with van der Waals surface area (Å²) in [4.78, 5) is 14.4. The fraction of sp³-hybridized carbons (Fsp3) is 0.118. The minimum Gasteiger partial charge on any atom is -0.494 e. The number of carbonyl (C=O) groups excluding carboxylic acids is 1. The second-order valence-corrected chi connectivity index (χ2v) is 4.51. The van der Waals surface area contributed by atoms with Gasteiger partial charge in [0, 0.05) is 11.4 Å². The number of anilines is 2. The van der Waals surface area contributed by atoms with Gasteiger partial charge < -0.3 is 9.47 Å². The first-order valence-corrected chi connectivity index (χ1v) is 6.75. The van der Waals surface area contributed by atoms with E-state index in [9.17, 15) is 4.79 Å². The SMILES string of the molecule is O=C(C1=COCCO1)N(c1ccccc1)c1ccccc1. The van der Waals surface area contributed by atoms with Gasteiger partial charge in [-0.1, -0.05) is 36.4 Å². The quantitative estimate of drug-likeness (QED) is 0.867. The summed E-state index contributed by atoms with van der Waals surface area (Å²) in [6, 6.07) is 18.9. The van der Waals surface area contributed by atoms with Gasteiger partial charge in [-0.15, -0.1) is 0 Å². The van der Waals surface area contributed by atoms with Crippen LogP contribution in [0.5, 0.6) is 0 Å². The summed E-state index contributed by atoms with van der Waals surface area (Å²) in [6.07, 6.45) is 1.38. The molecular weight excluding hydrogens is 266 g/mol. The number of hydrogen-bond acceptors (Lipinski definition) is 3. The molecular formula is C17H15NO3. The van der Waals surface area contributed by atoms with E-state index < -0.39 is 0 Å². The molecule has 0 unspecified atom stereocenters. The summed E-state index contributed by atoms with van der Waals surface area (Å²) in [5, 5.41) is 0. The highest BCUT2D eigenvalue weighted by atomic mass is 16.6. The molecule has 0 saturated carbocycles. The molecule has 0 N–H and O–H groups in total. The molecule has 1 aliphatic heterocycles. The van der Waals surface area contributed by atoms with E-state index in [2.05, 4.69) is 0 Å². The van der Waals surface area contributed by atoms with E-state index in [1.165, 1.54) is 6.26 Å². The van der Waals surface area contributed by atoms with Gasteiger partial charge in [0.2, 0.25) is 5.76 Å².